The Morgan fingerprint density at radius 3 is 2.74 bits per heavy atom. The van der Waals surface area contributed by atoms with Crippen molar-refractivity contribution in [2.75, 3.05) is 7.11 Å². The number of rotatable bonds is 2. The molecule has 0 aliphatic heterocycles. The zero-order valence-electron chi connectivity index (χ0n) is 10.7. The number of alkyl halides is 3. The average molecular weight is 274 g/mol. The summed E-state index contributed by atoms with van der Waals surface area (Å²) >= 11 is 0. The average Bonchev–Trinajstić information content (AvgIpc) is 2.38. The number of hydrogen-bond acceptors (Lipinski definition) is 2. The Bertz CT molecular complexity index is 445. The molecule has 1 aromatic carbocycles. The van der Waals surface area contributed by atoms with Gasteiger partial charge in [-0.15, -0.1) is 0 Å². The minimum atomic E-state index is -4.39. The van der Waals surface area contributed by atoms with Crippen LogP contribution in [0.4, 0.5) is 13.2 Å². The third-order valence-electron chi connectivity index (χ3n) is 3.74. The Balaban J connectivity index is 2.30. The fourth-order valence-corrected chi connectivity index (χ4v) is 2.65. The monoisotopic (exact) mass is 274 g/mol. The van der Waals surface area contributed by atoms with Gasteiger partial charge in [-0.1, -0.05) is 12.1 Å². The second-order valence-corrected chi connectivity index (χ2v) is 5.06. The van der Waals surface area contributed by atoms with Crippen LogP contribution in [-0.2, 0) is 16.5 Å². The Hall–Kier alpha value is -1.07. The second-order valence-electron chi connectivity index (χ2n) is 5.06. The van der Waals surface area contributed by atoms with Crippen LogP contribution in [0, 0.1) is 0 Å². The first-order chi connectivity index (χ1) is 8.85. The molecule has 0 bridgehead atoms. The highest BCUT2D eigenvalue weighted by molar-refractivity contribution is 5.30. The molecule has 0 spiro atoms. The molecular weight excluding hydrogens is 257 g/mol. The van der Waals surface area contributed by atoms with Gasteiger partial charge in [0, 0.05) is 13.5 Å². The Morgan fingerprint density at radius 2 is 2.11 bits per heavy atom. The number of benzene rings is 1. The molecule has 1 saturated carbocycles. The number of hydrogen-bond donors (Lipinski definition) is 1. The van der Waals surface area contributed by atoms with Gasteiger partial charge >= 0.3 is 6.18 Å². The van der Waals surface area contributed by atoms with E-state index in [1.54, 1.807) is 13.2 Å². The van der Waals surface area contributed by atoms with Crippen molar-refractivity contribution in [2.45, 2.75) is 43.6 Å². The predicted octanol–water partition coefficient (Wildman–Crippen LogP) is 3.48. The number of aliphatic hydroxyl groups is 1. The molecule has 0 heterocycles. The quantitative estimate of drug-likeness (QED) is 0.894. The van der Waals surface area contributed by atoms with Crippen molar-refractivity contribution in [3.8, 4) is 0 Å². The molecular formula is C14H17F3O2. The first-order valence-electron chi connectivity index (χ1n) is 6.28. The Kier molecular flexibility index (Phi) is 3.87. The largest absolute Gasteiger partial charge is 0.416 e. The lowest BCUT2D eigenvalue weighted by Gasteiger charge is -2.36. The van der Waals surface area contributed by atoms with Gasteiger partial charge in [0.15, 0.2) is 0 Å². The fraction of sp³-hybridized carbons (Fsp3) is 0.571. The van der Waals surface area contributed by atoms with E-state index in [9.17, 15) is 18.3 Å². The van der Waals surface area contributed by atoms with Crippen LogP contribution in [0.15, 0.2) is 24.3 Å². The molecule has 1 aliphatic rings. The molecule has 2 nitrogen and oxygen atoms in total. The zero-order valence-corrected chi connectivity index (χ0v) is 10.7. The summed E-state index contributed by atoms with van der Waals surface area (Å²) in [5.41, 5.74) is -1.62. The van der Waals surface area contributed by atoms with Gasteiger partial charge in [-0.05, 0) is 37.0 Å². The van der Waals surface area contributed by atoms with E-state index in [0.29, 0.717) is 18.4 Å². The molecule has 2 unspecified atom stereocenters. The fourth-order valence-electron chi connectivity index (χ4n) is 2.65. The maximum atomic E-state index is 12.7. The van der Waals surface area contributed by atoms with Crippen LogP contribution >= 0.6 is 0 Å². The van der Waals surface area contributed by atoms with E-state index < -0.39 is 17.3 Å². The van der Waals surface area contributed by atoms with Crippen molar-refractivity contribution >= 4 is 0 Å². The molecule has 1 aliphatic carbocycles. The second kappa shape index (κ2) is 5.13. The SMILES string of the molecule is COC1CCCC(O)(c2cccc(C(F)(F)F)c2)C1. The summed E-state index contributed by atoms with van der Waals surface area (Å²) in [6.45, 7) is 0. The first-order valence-corrected chi connectivity index (χ1v) is 6.28. The standard InChI is InChI=1S/C14H17F3O2/c1-19-12-6-3-7-13(18,9-12)10-4-2-5-11(8-10)14(15,16)17/h2,4-5,8,12,18H,3,6-7,9H2,1H3. The maximum Gasteiger partial charge on any atom is 0.416 e. The van der Waals surface area contributed by atoms with Crippen LogP contribution in [0.25, 0.3) is 0 Å². The van der Waals surface area contributed by atoms with Crippen molar-refractivity contribution in [2.24, 2.45) is 0 Å². The van der Waals surface area contributed by atoms with Crippen molar-refractivity contribution < 1.29 is 23.0 Å². The Morgan fingerprint density at radius 1 is 1.37 bits per heavy atom. The van der Waals surface area contributed by atoms with Crippen molar-refractivity contribution in [3.63, 3.8) is 0 Å². The van der Waals surface area contributed by atoms with Crippen LogP contribution in [0.2, 0.25) is 0 Å². The summed E-state index contributed by atoms with van der Waals surface area (Å²) in [5, 5.41) is 10.6. The Labute approximate surface area is 110 Å². The molecule has 19 heavy (non-hydrogen) atoms. The summed E-state index contributed by atoms with van der Waals surface area (Å²) in [5.74, 6) is 0. The van der Waals surface area contributed by atoms with E-state index in [1.165, 1.54) is 6.07 Å². The van der Waals surface area contributed by atoms with Gasteiger partial charge < -0.3 is 9.84 Å². The van der Waals surface area contributed by atoms with E-state index in [1.807, 2.05) is 0 Å². The van der Waals surface area contributed by atoms with E-state index >= 15 is 0 Å². The summed E-state index contributed by atoms with van der Waals surface area (Å²) in [6, 6.07) is 4.95. The summed E-state index contributed by atoms with van der Waals surface area (Å²) in [4.78, 5) is 0. The topological polar surface area (TPSA) is 29.5 Å². The van der Waals surface area contributed by atoms with E-state index in [4.69, 9.17) is 4.74 Å². The molecule has 0 amide bonds. The normalized spacial score (nSPS) is 28.4. The molecule has 2 rings (SSSR count). The first kappa shape index (κ1) is 14.3. The van der Waals surface area contributed by atoms with E-state index in [-0.39, 0.29) is 6.10 Å². The molecule has 0 aromatic heterocycles. The number of halogens is 3. The minimum absolute atomic E-state index is 0.103. The molecule has 106 valence electrons. The molecule has 0 radical (unpaired) electrons. The maximum absolute atomic E-state index is 12.7. The summed E-state index contributed by atoms with van der Waals surface area (Å²) < 4.78 is 43.3. The van der Waals surface area contributed by atoms with Gasteiger partial charge in [0.05, 0.1) is 17.3 Å². The van der Waals surface area contributed by atoms with E-state index in [2.05, 4.69) is 0 Å². The van der Waals surface area contributed by atoms with Gasteiger partial charge in [0.2, 0.25) is 0 Å². The van der Waals surface area contributed by atoms with E-state index in [0.717, 1.165) is 25.0 Å². The number of ether oxygens (including phenoxy) is 1. The van der Waals surface area contributed by atoms with Crippen molar-refractivity contribution in [1.82, 2.24) is 0 Å². The highest BCUT2D eigenvalue weighted by Crippen LogP contribution is 2.40. The third-order valence-corrected chi connectivity index (χ3v) is 3.74. The lowest BCUT2D eigenvalue weighted by Crippen LogP contribution is -2.36. The van der Waals surface area contributed by atoms with Crippen molar-refractivity contribution in [1.29, 1.82) is 0 Å². The zero-order chi connectivity index (χ0) is 14.1. The highest BCUT2D eigenvalue weighted by Gasteiger charge is 2.38. The smallest absolute Gasteiger partial charge is 0.385 e. The van der Waals surface area contributed by atoms with Gasteiger partial charge in [0.25, 0.3) is 0 Å². The summed E-state index contributed by atoms with van der Waals surface area (Å²) in [6.07, 6.45) is -2.11. The van der Waals surface area contributed by atoms with Crippen LogP contribution in [-0.4, -0.2) is 18.3 Å². The predicted molar refractivity (Wildman–Crippen MR) is 64.6 cm³/mol. The molecule has 1 N–H and O–H groups in total. The molecule has 1 fully saturated rings. The third kappa shape index (κ3) is 3.09. The minimum Gasteiger partial charge on any atom is -0.385 e. The van der Waals surface area contributed by atoms with Crippen LogP contribution in [0.3, 0.4) is 0 Å². The molecule has 2 atom stereocenters. The highest BCUT2D eigenvalue weighted by atomic mass is 19.4. The van der Waals surface area contributed by atoms with Crippen molar-refractivity contribution in [3.05, 3.63) is 35.4 Å². The van der Waals surface area contributed by atoms with Gasteiger partial charge in [-0.25, -0.2) is 0 Å². The molecule has 0 saturated heterocycles. The van der Waals surface area contributed by atoms with Gasteiger partial charge in [0.1, 0.15) is 0 Å². The lowest BCUT2D eigenvalue weighted by atomic mass is 9.78. The van der Waals surface area contributed by atoms with Crippen LogP contribution in [0.5, 0.6) is 0 Å². The van der Waals surface area contributed by atoms with Gasteiger partial charge in [-0.2, -0.15) is 13.2 Å². The molecule has 1 aromatic rings. The van der Waals surface area contributed by atoms with Crippen LogP contribution in [0.1, 0.15) is 36.8 Å². The number of methoxy groups -OCH3 is 1. The van der Waals surface area contributed by atoms with Gasteiger partial charge in [-0.3, -0.25) is 0 Å². The lowest BCUT2D eigenvalue weighted by molar-refractivity contribution is -0.137. The summed E-state index contributed by atoms with van der Waals surface area (Å²) in [7, 11) is 1.56. The molecule has 5 heteroatoms. The van der Waals surface area contributed by atoms with Crippen LogP contribution < -0.4 is 0 Å².